The van der Waals surface area contributed by atoms with E-state index >= 15 is 0 Å². The summed E-state index contributed by atoms with van der Waals surface area (Å²) in [7, 11) is 0. The summed E-state index contributed by atoms with van der Waals surface area (Å²) in [5.74, 6) is 0. The summed E-state index contributed by atoms with van der Waals surface area (Å²) in [4.78, 5) is 3.97. The molecule has 0 amide bonds. The minimum atomic E-state index is -2.47. The molecule has 1 aromatic heterocycles. The highest BCUT2D eigenvalue weighted by Crippen LogP contribution is 2.33. The molecule has 0 radical (unpaired) electrons. The van der Waals surface area contributed by atoms with Gasteiger partial charge in [0, 0.05) is 27.1 Å². The van der Waals surface area contributed by atoms with Crippen LogP contribution in [0.15, 0.2) is 10.7 Å². The van der Waals surface area contributed by atoms with E-state index in [0.717, 1.165) is 0 Å². The van der Waals surface area contributed by atoms with Crippen LogP contribution >= 0.6 is 54.5 Å². The lowest BCUT2D eigenvalue weighted by Gasteiger charge is -2.09. The van der Waals surface area contributed by atoms with Crippen molar-refractivity contribution in [2.75, 3.05) is 0 Å². The van der Waals surface area contributed by atoms with E-state index in [4.69, 9.17) is 0 Å². The Kier molecular flexibility index (Phi) is 4.50. The lowest BCUT2D eigenvalue weighted by Crippen LogP contribution is -1.99. The van der Waals surface area contributed by atoms with Crippen molar-refractivity contribution in [3.63, 3.8) is 0 Å². The second-order valence-electron chi connectivity index (χ2n) is 2.22. The predicted molar refractivity (Wildman–Crippen MR) is 62.2 cm³/mol. The highest BCUT2D eigenvalue weighted by Gasteiger charge is 2.18. The van der Waals surface area contributed by atoms with Crippen molar-refractivity contribution >= 4 is 54.5 Å². The summed E-state index contributed by atoms with van der Waals surface area (Å²) in [6.07, 6.45) is -1.08. The predicted octanol–water partition coefficient (Wildman–Crippen LogP) is 4.28. The van der Waals surface area contributed by atoms with Crippen LogP contribution in [0.25, 0.3) is 0 Å². The molecule has 1 aromatic rings. The van der Waals surface area contributed by atoms with Gasteiger partial charge in [0.25, 0.3) is 6.43 Å². The lowest BCUT2D eigenvalue weighted by atomic mass is 10.2. The highest BCUT2D eigenvalue weighted by atomic mass is 127. The van der Waals surface area contributed by atoms with Gasteiger partial charge >= 0.3 is 0 Å². The zero-order valence-electron chi connectivity index (χ0n) is 6.20. The topological polar surface area (TPSA) is 12.9 Å². The number of hydrogen-bond acceptors (Lipinski definition) is 1. The molecular weight excluding hydrogens is 423 g/mol. The van der Waals surface area contributed by atoms with Gasteiger partial charge in [-0.05, 0) is 38.5 Å². The molecule has 0 saturated heterocycles. The summed E-state index contributed by atoms with van der Waals surface area (Å²) < 4.78 is 26.1. The third kappa shape index (κ3) is 2.59. The van der Waals surface area contributed by atoms with Crippen LogP contribution in [0.1, 0.15) is 17.6 Å². The summed E-state index contributed by atoms with van der Waals surface area (Å²) in [5, 5.41) is 0.386. The van der Waals surface area contributed by atoms with Crippen molar-refractivity contribution in [2.45, 2.75) is 11.8 Å². The smallest absolute Gasteiger partial charge is 0.249 e. The maximum atomic E-state index is 12.6. The Morgan fingerprint density at radius 2 is 2.15 bits per heavy atom. The second-order valence-corrected chi connectivity index (χ2v) is 4.66. The third-order valence-corrected chi connectivity index (χ3v) is 3.60. The molecule has 6 heteroatoms. The van der Waals surface area contributed by atoms with Gasteiger partial charge in [0.2, 0.25) is 0 Å². The van der Waals surface area contributed by atoms with E-state index in [2.05, 4.69) is 36.8 Å². The fourth-order valence-corrected chi connectivity index (χ4v) is 3.11. The number of nitrogens with zero attached hydrogens (tertiary/aromatic N) is 1. The Morgan fingerprint density at radius 1 is 1.54 bits per heavy atom. The largest absolute Gasteiger partial charge is 0.265 e. The molecule has 72 valence electrons. The molecule has 1 rings (SSSR count). The number of pyridine rings is 1. The SMILES string of the molecule is FC(F)c1c(Br)cnc(I)c1CBr. The van der Waals surface area contributed by atoms with Crippen molar-refractivity contribution < 1.29 is 8.78 Å². The van der Waals surface area contributed by atoms with Gasteiger partial charge in [-0.15, -0.1) is 0 Å². The van der Waals surface area contributed by atoms with E-state index in [1.54, 1.807) is 0 Å². The van der Waals surface area contributed by atoms with Crippen molar-refractivity contribution in [1.82, 2.24) is 4.98 Å². The molecule has 1 heterocycles. The quantitative estimate of drug-likeness (QED) is 0.391. The molecule has 0 saturated carbocycles. The maximum Gasteiger partial charge on any atom is 0.265 e. The fourth-order valence-electron chi connectivity index (χ4n) is 0.879. The van der Waals surface area contributed by atoms with E-state index in [9.17, 15) is 8.78 Å². The third-order valence-electron chi connectivity index (χ3n) is 1.47. The molecule has 0 unspecified atom stereocenters. The van der Waals surface area contributed by atoms with Crippen LogP contribution in [0, 0.1) is 3.70 Å². The minimum Gasteiger partial charge on any atom is -0.249 e. The van der Waals surface area contributed by atoms with Gasteiger partial charge in [0.15, 0.2) is 0 Å². The first-order chi connectivity index (χ1) is 6.07. The van der Waals surface area contributed by atoms with E-state index in [1.807, 2.05) is 22.6 Å². The van der Waals surface area contributed by atoms with Crippen molar-refractivity contribution in [2.24, 2.45) is 0 Å². The molecule has 0 fully saturated rings. The summed E-state index contributed by atoms with van der Waals surface area (Å²) in [6, 6.07) is 0. The highest BCUT2D eigenvalue weighted by molar-refractivity contribution is 14.1. The average Bonchev–Trinajstić information content (AvgIpc) is 2.07. The Hall–Kier alpha value is 0.700. The standard InChI is InChI=1S/C7H4Br2F2IN/c8-1-3-5(6(10)11)4(9)2-13-7(3)12/h2,6H,1H2. The molecule has 13 heavy (non-hydrogen) atoms. The van der Waals surface area contributed by atoms with Gasteiger partial charge < -0.3 is 0 Å². The van der Waals surface area contributed by atoms with Gasteiger partial charge in [-0.2, -0.15) is 0 Å². The molecule has 0 atom stereocenters. The van der Waals surface area contributed by atoms with Gasteiger partial charge in [-0.25, -0.2) is 13.8 Å². The maximum absolute atomic E-state index is 12.6. The van der Waals surface area contributed by atoms with E-state index in [0.29, 0.717) is 19.1 Å². The van der Waals surface area contributed by atoms with Gasteiger partial charge in [0.1, 0.15) is 3.70 Å². The summed E-state index contributed by atoms with van der Waals surface area (Å²) >= 11 is 8.16. The van der Waals surface area contributed by atoms with Crippen molar-refractivity contribution in [3.05, 3.63) is 25.5 Å². The number of alkyl halides is 3. The van der Waals surface area contributed by atoms with Gasteiger partial charge in [-0.1, -0.05) is 15.9 Å². The number of aromatic nitrogens is 1. The number of halogens is 5. The molecule has 0 aliphatic carbocycles. The molecule has 1 nitrogen and oxygen atoms in total. The second kappa shape index (κ2) is 4.97. The molecule has 0 aliphatic heterocycles. The van der Waals surface area contributed by atoms with Crippen LogP contribution in [-0.4, -0.2) is 4.98 Å². The molecular formula is C7H4Br2F2IN. The Morgan fingerprint density at radius 3 is 2.54 bits per heavy atom. The average molecular weight is 427 g/mol. The normalized spacial score (nSPS) is 10.9. The summed E-state index contributed by atoms with van der Waals surface area (Å²) in [6.45, 7) is 0. The van der Waals surface area contributed by atoms with Crippen LogP contribution in [0.3, 0.4) is 0 Å². The summed E-state index contributed by atoms with van der Waals surface area (Å²) in [5.41, 5.74) is 0.571. The van der Waals surface area contributed by atoms with E-state index in [1.165, 1.54) is 6.20 Å². The molecule has 0 spiro atoms. The van der Waals surface area contributed by atoms with Crippen LogP contribution in [0.2, 0.25) is 0 Å². The van der Waals surface area contributed by atoms with Crippen LogP contribution in [0.4, 0.5) is 8.78 Å². The molecule has 0 N–H and O–H groups in total. The Balaban J connectivity index is 3.35. The number of hydrogen-bond donors (Lipinski definition) is 0. The van der Waals surface area contributed by atoms with Crippen LogP contribution in [-0.2, 0) is 5.33 Å². The lowest BCUT2D eigenvalue weighted by molar-refractivity contribution is 0.149. The minimum absolute atomic E-state index is 0.0243. The fraction of sp³-hybridized carbons (Fsp3) is 0.286. The van der Waals surface area contributed by atoms with E-state index in [-0.39, 0.29) is 5.56 Å². The zero-order valence-corrected chi connectivity index (χ0v) is 11.5. The molecule has 0 aromatic carbocycles. The van der Waals surface area contributed by atoms with E-state index < -0.39 is 6.43 Å². The Bertz CT molecular complexity index is 320. The monoisotopic (exact) mass is 425 g/mol. The van der Waals surface area contributed by atoms with Crippen LogP contribution < -0.4 is 0 Å². The van der Waals surface area contributed by atoms with Crippen LogP contribution in [0.5, 0.6) is 0 Å². The number of rotatable bonds is 2. The molecule has 0 bridgehead atoms. The van der Waals surface area contributed by atoms with Gasteiger partial charge in [-0.3, -0.25) is 0 Å². The van der Waals surface area contributed by atoms with Crippen molar-refractivity contribution in [3.8, 4) is 0 Å². The first-order valence-electron chi connectivity index (χ1n) is 3.24. The first kappa shape index (κ1) is 11.8. The zero-order chi connectivity index (χ0) is 10.0. The molecule has 0 aliphatic rings. The Labute approximate surface area is 105 Å². The first-order valence-corrected chi connectivity index (χ1v) is 6.24. The van der Waals surface area contributed by atoms with Crippen molar-refractivity contribution in [1.29, 1.82) is 0 Å². The van der Waals surface area contributed by atoms with Gasteiger partial charge in [0.05, 0.1) is 0 Å².